The van der Waals surface area contributed by atoms with Crippen LogP contribution >= 0.6 is 0 Å². The van der Waals surface area contributed by atoms with E-state index in [1.807, 2.05) is 4.94 Å². The van der Waals surface area contributed by atoms with Gasteiger partial charge in [-0.05, 0) is 4.53 Å². The van der Waals surface area contributed by atoms with Crippen molar-refractivity contribution in [3.05, 3.63) is 0 Å². The van der Waals surface area contributed by atoms with Gasteiger partial charge in [0.05, 0.1) is 0 Å². The minimum atomic E-state index is -4.25. The second kappa shape index (κ2) is 2.11. The van der Waals surface area contributed by atoms with Crippen molar-refractivity contribution in [2.24, 2.45) is 0 Å². The van der Waals surface area contributed by atoms with E-state index in [4.69, 9.17) is 0 Å². The summed E-state index contributed by atoms with van der Waals surface area (Å²) < 4.78 is 42.8. The molecule has 0 aromatic carbocycles. The molecule has 0 heterocycles. The smallest absolute Gasteiger partial charge is 0.241 e. The molecule has 0 rings (SSSR count). The number of rotatable bonds is 2. The molecule has 0 bridgehead atoms. The SMILES string of the molecule is FCC(F)(F)OF. The zero-order valence-electron chi connectivity index (χ0n) is 3.13. The van der Waals surface area contributed by atoms with Gasteiger partial charge in [-0.1, -0.05) is 0 Å². The van der Waals surface area contributed by atoms with Crippen molar-refractivity contribution in [3.63, 3.8) is 0 Å². The predicted molar refractivity (Wildman–Crippen MR) is 13.1 cm³/mol. The van der Waals surface area contributed by atoms with Crippen LogP contribution in [0.2, 0.25) is 0 Å². The van der Waals surface area contributed by atoms with Crippen molar-refractivity contribution in [1.82, 2.24) is 0 Å². The van der Waals surface area contributed by atoms with Crippen LogP contribution in [0, 0.1) is 0 Å². The van der Waals surface area contributed by atoms with Gasteiger partial charge in [-0.2, -0.15) is 8.78 Å². The Morgan fingerprint density at radius 1 is 1.43 bits per heavy atom. The van der Waals surface area contributed by atoms with E-state index in [-0.39, 0.29) is 0 Å². The number of hydrogen-bond donors (Lipinski definition) is 0. The van der Waals surface area contributed by atoms with Gasteiger partial charge in [-0.3, -0.25) is 0 Å². The average molecular weight is 118 g/mol. The Hall–Kier alpha value is -0.320. The van der Waals surface area contributed by atoms with Gasteiger partial charge in [0.15, 0.2) is 6.67 Å². The molecule has 0 aromatic rings. The van der Waals surface area contributed by atoms with Crippen molar-refractivity contribution in [2.45, 2.75) is 6.11 Å². The van der Waals surface area contributed by atoms with E-state index in [1.165, 1.54) is 0 Å². The van der Waals surface area contributed by atoms with Crippen LogP contribution in [0.4, 0.5) is 17.7 Å². The molecular weight excluding hydrogens is 116 g/mol. The van der Waals surface area contributed by atoms with Gasteiger partial charge in [0.1, 0.15) is 0 Å². The maximum atomic E-state index is 10.9. The summed E-state index contributed by atoms with van der Waals surface area (Å²) >= 11 is 0. The van der Waals surface area contributed by atoms with Crippen molar-refractivity contribution in [1.29, 1.82) is 0 Å². The lowest BCUT2D eigenvalue weighted by Gasteiger charge is -2.01. The molecule has 0 N–H and O–H groups in total. The van der Waals surface area contributed by atoms with Crippen LogP contribution in [0.3, 0.4) is 0 Å². The first-order valence-electron chi connectivity index (χ1n) is 1.36. The van der Waals surface area contributed by atoms with Gasteiger partial charge in [0.2, 0.25) is 0 Å². The summed E-state index contributed by atoms with van der Waals surface area (Å²) in [5.74, 6) is 0. The molecule has 0 aromatic heterocycles. The highest BCUT2D eigenvalue weighted by atomic mass is 19.4. The summed E-state index contributed by atoms with van der Waals surface area (Å²) in [4.78, 5) is 1.88. The van der Waals surface area contributed by atoms with Crippen LogP contribution in [0.5, 0.6) is 0 Å². The second-order valence-corrected chi connectivity index (χ2v) is 0.848. The van der Waals surface area contributed by atoms with E-state index in [0.717, 1.165) is 0 Å². The quantitative estimate of drug-likeness (QED) is 0.498. The molecule has 5 heteroatoms. The monoisotopic (exact) mass is 118 g/mol. The lowest BCUT2D eigenvalue weighted by molar-refractivity contribution is -0.357. The zero-order valence-corrected chi connectivity index (χ0v) is 3.13. The van der Waals surface area contributed by atoms with Crippen LogP contribution in [0.1, 0.15) is 0 Å². The molecule has 7 heavy (non-hydrogen) atoms. The van der Waals surface area contributed by atoms with Crippen LogP contribution in [0.15, 0.2) is 0 Å². The molecule has 0 saturated heterocycles. The molecule has 0 radical (unpaired) electrons. The van der Waals surface area contributed by atoms with E-state index in [9.17, 15) is 17.7 Å². The summed E-state index contributed by atoms with van der Waals surface area (Å²) in [5, 5.41) is 0. The zero-order chi connectivity index (χ0) is 5.91. The van der Waals surface area contributed by atoms with E-state index in [0.29, 0.717) is 0 Å². The van der Waals surface area contributed by atoms with Gasteiger partial charge in [0, 0.05) is 0 Å². The summed E-state index contributed by atoms with van der Waals surface area (Å²) in [5.41, 5.74) is 0. The molecule has 1 nitrogen and oxygen atoms in total. The van der Waals surface area contributed by atoms with E-state index in [1.54, 1.807) is 0 Å². The molecule has 0 spiro atoms. The molecule has 44 valence electrons. The number of hydrogen-bond acceptors (Lipinski definition) is 1. The van der Waals surface area contributed by atoms with E-state index in [2.05, 4.69) is 0 Å². The fourth-order valence-corrected chi connectivity index (χ4v) is 0.0206. The third kappa shape index (κ3) is 2.38. The first kappa shape index (κ1) is 6.68. The second-order valence-electron chi connectivity index (χ2n) is 0.848. The normalized spacial score (nSPS) is 12.0. The fraction of sp³-hybridized carbons (Fsp3) is 1.00. The Balaban J connectivity index is 3.36. The van der Waals surface area contributed by atoms with Crippen LogP contribution in [-0.2, 0) is 4.94 Å². The van der Waals surface area contributed by atoms with E-state index < -0.39 is 12.8 Å². The Labute approximate surface area is 36.8 Å². The molecule has 0 amide bonds. The molecule has 0 aliphatic rings. The Morgan fingerprint density at radius 3 is 1.86 bits per heavy atom. The molecule has 0 aliphatic carbocycles. The minimum Gasteiger partial charge on any atom is -0.241 e. The van der Waals surface area contributed by atoms with Gasteiger partial charge in [-0.15, -0.1) is 4.94 Å². The molecule has 0 aliphatic heterocycles. The average Bonchev–Trinajstić information content (AvgIpc) is 1.68. The third-order valence-electron chi connectivity index (χ3n) is 0.268. The lowest BCUT2D eigenvalue weighted by Crippen LogP contribution is -2.18. The molecule has 0 atom stereocenters. The minimum absolute atomic E-state index is 1.88. The largest absolute Gasteiger partial charge is 0.413 e. The third-order valence-corrected chi connectivity index (χ3v) is 0.268. The van der Waals surface area contributed by atoms with E-state index >= 15 is 0 Å². The Bertz CT molecular complexity index is 47.7. The van der Waals surface area contributed by atoms with Gasteiger partial charge >= 0.3 is 6.11 Å². The summed E-state index contributed by atoms with van der Waals surface area (Å²) in [6.45, 7) is -2.14. The van der Waals surface area contributed by atoms with Crippen LogP contribution < -0.4 is 0 Å². The summed E-state index contributed by atoms with van der Waals surface area (Å²) in [7, 11) is 0. The van der Waals surface area contributed by atoms with Crippen molar-refractivity contribution >= 4 is 0 Å². The van der Waals surface area contributed by atoms with Crippen LogP contribution in [-0.4, -0.2) is 12.8 Å². The number of alkyl halides is 3. The summed E-state index contributed by atoms with van der Waals surface area (Å²) in [6.07, 6.45) is -4.25. The van der Waals surface area contributed by atoms with Crippen molar-refractivity contribution in [2.75, 3.05) is 6.67 Å². The highest BCUT2D eigenvalue weighted by molar-refractivity contribution is 4.41. The lowest BCUT2D eigenvalue weighted by atomic mass is 10.7. The topological polar surface area (TPSA) is 9.23 Å². The van der Waals surface area contributed by atoms with Gasteiger partial charge in [0.25, 0.3) is 0 Å². The highest BCUT2D eigenvalue weighted by Crippen LogP contribution is 2.14. The molecular formula is C2H2F4O. The maximum Gasteiger partial charge on any atom is 0.413 e. The Kier molecular flexibility index (Phi) is 2.01. The first-order chi connectivity index (χ1) is 3.12. The molecule has 0 unspecified atom stereocenters. The number of halogens is 4. The Morgan fingerprint density at radius 2 is 1.86 bits per heavy atom. The fourth-order valence-electron chi connectivity index (χ4n) is 0.0206. The van der Waals surface area contributed by atoms with Crippen molar-refractivity contribution in [3.8, 4) is 0 Å². The standard InChI is InChI=1S/C2H2F4O/c3-1-2(4,5)7-6/h1H2. The van der Waals surface area contributed by atoms with Gasteiger partial charge < -0.3 is 0 Å². The van der Waals surface area contributed by atoms with Crippen LogP contribution in [0.25, 0.3) is 0 Å². The summed E-state index contributed by atoms with van der Waals surface area (Å²) in [6, 6.07) is 0. The van der Waals surface area contributed by atoms with Gasteiger partial charge in [-0.25, -0.2) is 4.39 Å². The molecule has 0 saturated carbocycles. The molecule has 0 fully saturated rings. The highest BCUT2D eigenvalue weighted by Gasteiger charge is 2.31. The predicted octanol–water partition coefficient (Wildman–Crippen LogP) is 1.45. The first-order valence-corrected chi connectivity index (χ1v) is 1.36. The van der Waals surface area contributed by atoms with Crippen molar-refractivity contribution < 1.29 is 22.6 Å². The maximum absolute atomic E-state index is 10.9.